The lowest BCUT2D eigenvalue weighted by molar-refractivity contribution is 0.357. The van der Waals surface area contributed by atoms with Crippen molar-refractivity contribution >= 4 is 11.4 Å². The summed E-state index contributed by atoms with van der Waals surface area (Å²) in [6.45, 7) is 8.73. The van der Waals surface area contributed by atoms with Crippen molar-refractivity contribution in [1.82, 2.24) is 4.72 Å². The largest absolute Gasteiger partial charge is 0.598 e. The summed E-state index contributed by atoms with van der Waals surface area (Å²) in [5.74, 6) is 0.989. The molecule has 0 unspecified atom stereocenters. The Bertz CT molecular complexity index is 428. The standard InChI is InChI=1S/C14H21NO2S/c1-10(15-18(16)14(2,3)4)11-5-6-13-12(9-11)7-8-17-13/h5-6,9-10,15H,7-8H2,1-4H3/t10-,18+/m0/s1. The first-order valence-electron chi connectivity index (χ1n) is 6.31. The van der Waals surface area contributed by atoms with Gasteiger partial charge in [-0.25, -0.2) is 0 Å². The summed E-state index contributed by atoms with van der Waals surface area (Å²) in [5, 5.41) is 0. The monoisotopic (exact) mass is 267 g/mol. The molecule has 0 fully saturated rings. The molecule has 100 valence electrons. The van der Waals surface area contributed by atoms with Crippen LogP contribution in [0.1, 0.15) is 44.9 Å². The van der Waals surface area contributed by atoms with Gasteiger partial charge in [0.25, 0.3) is 0 Å². The van der Waals surface area contributed by atoms with Gasteiger partial charge in [-0.1, -0.05) is 12.1 Å². The average molecular weight is 267 g/mol. The number of hydrogen-bond acceptors (Lipinski definition) is 3. The maximum absolute atomic E-state index is 12.1. The van der Waals surface area contributed by atoms with Crippen LogP contribution in [0.5, 0.6) is 5.75 Å². The van der Waals surface area contributed by atoms with Gasteiger partial charge in [0.05, 0.1) is 12.6 Å². The van der Waals surface area contributed by atoms with E-state index in [1.165, 1.54) is 5.56 Å². The van der Waals surface area contributed by atoms with Gasteiger partial charge in [0.15, 0.2) is 0 Å². The summed E-state index contributed by atoms with van der Waals surface area (Å²) in [6, 6.07) is 6.29. The fourth-order valence-corrected chi connectivity index (χ4v) is 2.69. The van der Waals surface area contributed by atoms with E-state index < -0.39 is 11.4 Å². The van der Waals surface area contributed by atoms with Crippen LogP contribution in [0, 0.1) is 0 Å². The van der Waals surface area contributed by atoms with Crippen molar-refractivity contribution in [2.24, 2.45) is 0 Å². The number of rotatable bonds is 3. The molecule has 0 saturated heterocycles. The van der Waals surface area contributed by atoms with Gasteiger partial charge in [-0.05, 0) is 44.9 Å². The van der Waals surface area contributed by atoms with Gasteiger partial charge in [0.1, 0.15) is 10.5 Å². The van der Waals surface area contributed by atoms with Crippen LogP contribution in [-0.2, 0) is 17.8 Å². The van der Waals surface area contributed by atoms with Gasteiger partial charge in [0.2, 0.25) is 0 Å². The van der Waals surface area contributed by atoms with Crippen molar-refractivity contribution < 1.29 is 9.29 Å². The molecule has 0 spiro atoms. The minimum absolute atomic E-state index is 0.0796. The second-order valence-corrected chi connectivity index (χ2v) is 7.68. The molecule has 0 aliphatic carbocycles. The molecule has 1 aliphatic heterocycles. The van der Waals surface area contributed by atoms with Crippen molar-refractivity contribution in [1.29, 1.82) is 0 Å². The molecule has 3 nitrogen and oxygen atoms in total. The summed E-state index contributed by atoms with van der Waals surface area (Å²) in [7, 11) is 0. The van der Waals surface area contributed by atoms with E-state index in [0.717, 1.165) is 24.3 Å². The zero-order valence-electron chi connectivity index (χ0n) is 11.4. The molecule has 1 aromatic rings. The molecular formula is C14H21NO2S. The van der Waals surface area contributed by atoms with Crippen molar-refractivity contribution in [3.8, 4) is 5.75 Å². The summed E-state index contributed by atoms with van der Waals surface area (Å²) in [5.41, 5.74) is 2.42. The van der Waals surface area contributed by atoms with E-state index in [1.54, 1.807) is 0 Å². The van der Waals surface area contributed by atoms with Gasteiger partial charge in [-0.15, -0.1) is 4.72 Å². The fourth-order valence-electron chi connectivity index (χ4n) is 1.88. The first-order chi connectivity index (χ1) is 8.38. The summed E-state index contributed by atoms with van der Waals surface area (Å²) >= 11 is -1.05. The van der Waals surface area contributed by atoms with E-state index in [1.807, 2.05) is 39.8 Å². The number of hydrogen-bond donors (Lipinski definition) is 1. The average Bonchev–Trinajstić information content (AvgIpc) is 2.74. The van der Waals surface area contributed by atoms with Crippen LogP contribution in [0.4, 0.5) is 0 Å². The molecule has 0 saturated carbocycles. The molecule has 2 rings (SSSR count). The number of nitrogens with one attached hydrogen (secondary N) is 1. The van der Waals surface area contributed by atoms with E-state index in [0.29, 0.717) is 0 Å². The number of benzene rings is 1. The Labute approximate surface area is 112 Å². The normalized spacial score (nSPS) is 18.1. The van der Waals surface area contributed by atoms with Gasteiger partial charge in [0, 0.05) is 17.8 Å². The second-order valence-electron chi connectivity index (χ2n) is 5.69. The van der Waals surface area contributed by atoms with Gasteiger partial charge in [-0.3, -0.25) is 0 Å². The molecule has 0 bridgehead atoms. The molecule has 18 heavy (non-hydrogen) atoms. The molecule has 0 aromatic heterocycles. The van der Waals surface area contributed by atoms with E-state index in [2.05, 4.69) is 10.8 Å². The third-order valence-corrected chi connectivity index (χ3v) is 4.73. The van der Waals surface area contributed by atoms with Crippen molar-refractivity contribution in [3.05, 3.63) is 29.3 Å². The second kappa shape index (κ2) is 5.11. The highest BCUT2D eigenvalue weighted by atomic mass is 32.2. The van der Waals surface area contributed by atoms with Crippen molar-refractivity contribution in [3.63, 3.8) is 0 Å². The molecule has 4 heteroatoms. The van der Waals surface area contributed by atoms with Crippen molar-refractivity contribution in [2.45, 2.75) is 44.9 Å². The van der Waals surface area contributed by atoms with Crippen LogP contribution in [0.15, 0.2) is 18.2 Å². The molecule has 1 aliphatic rings. The first-order valence-corrected chi connectivity index (χ1v) is 7.46. The molecule has 0 amide bonds. The highest BCUT2D eigenvalue weighted by molar-refractivity contribution is 7.90. The molecule has 2 atom stereocenters. The van der Waals surface area contributed by atoms with Crippen LogP contribution < -0.4 is 9.46 Å². The Kier molecular flexibility index (Phi) is 3.90. The van der Waals surface area contributed by atoms with Crippen molar-refractivity contribution in [2.75, 3.05) is 6.61 Å². The fraction of sp³-hybridized carbons (Fsp3) is 0.571. The predicted molar refractivity (Wildman–Crippen MR) is 75.1 cm³/mol. The molecular weight excluding hydrogens is 246 g/mol. The lowest BCUT2D eigenvalue weighted by Gasteiger charge is -2.26. The number of fused-ring (bicyclic) bond motifs is 1. The maximum Gasteiger partial charge on any atom is 0.136 e. The third kappa shape index (κ3) is 2.99. The summed E-state index contributed by atoms with van der Waals surface area (Å²) < 4.78 is 20.5. The van der Waals surface area contributed by atoms with Crippen LogP contribution in [0.25, 0.3) is 0 Å². The predicted octanol–water partition coefficient (Wildman–Crippen LogP) is 2.73. The lowest BCUT2D eigenvalue weighted by Crippen LogP contribution is -2.40. The van der Waals surface area contributed by atoms with Crippen LogP contribution >= 0.6 is 0 Å². The quantitative estimate of drug-likeness (QED) is 0.856. The smallest absolute Gasteiger partial charge is 0.136 e. The Morgan fingerprint density at radius 1 is 1.39 bits per heavy atom. The van der Waals surface area contributed by atoms with E-state index >= 15 is 0 Å². The van der Waals surface area contributed by atoms with E-state index in [9.17, 15) is 4.55 Å². The van der Waals surface area contributed by atoms with Gasteiger partial charge in [-0.2, -0.15) is 0 Å². The van der Waals surface area contributed by atoms with Crippen LogP contribution in [-0.4, -0.2) is 15.9 Å². The zero-order valence-corrected chi connectivity index (χ0v) is 12.3. The first kappa shape index (κ1) is 13.7. The zero-order chi connectivity index (χ0) is 13.3. The lowest BCUT2D eigenvalue weighted by atomic mass is 10.0. The summed E-state index contributed by atoms with van der Waals surface area (Å²) in [4.78, 5) is 0. The Hall–Kier alpha value is -0.710. The molecule has 1 heterocycles. The summed E-state index contributed by atoms with van der Waals surface area (Å²) in [6.07, 6.45) is 0.970. The van der Waals surface area contributed by atoms with Crippen LogP contribution in [0.3, 0.4) is 0 Å². The Morgan fingerprint density at radius 2 is 2.11 bits per heavy atom. The number of ether oxygens (including phenoxy) is 1. The highest BCUT2D eigenvalue weighted by Crippen LogP contribution is 2.28. The van der Waals surface area contributed by atoms with Crippen LogP contribution in [0.2, 0.25) is 0 Å². The topological polar surface area (TPSA) is 44.3 Å². The maximum atomic E-state index is 12.1. The highest BCUT2D eigenvalue weighted by Gasteiger charge is 2.28. The van der Waals surface area contributed by atoms with E-state index in [-0.39, 0.29) is 10.8 Å². The molecule has 1 aromatic carbocycles. The third-order valence-electron chi connectivity index (χ3n) is 3.05. The van der Waals surface area contributed by atoms with E-state index in [4.69, 9.17) is 4.74 Å². The molecule has 1 N–H and O–H groups in total. The minimum Gasteiger partial charge on any atom is -0.598 e. The molecule has 0 radical (unpaired) electrons. The Morgan fingerprint density at radius 3 is 2.78 bits per heavy atom. The Balaban J connectivity index is 2.07. The minimum atomic E-state index is -1.05. The van der Waals surface area contributed by atoms with Gasteiger partial charge >= 0.3 is 0 Å². The SMILES string of the molecule is C[C@H](N[S@+]([O-])C(C)(C)C)c1ccc2c(c1)CCO2. The van der Waals surface area contributed by atoms with Gasteiger partial charge < -0.3 is 9.29 Å².